The van der Waals surface area contributed by atoms with Crippen molar-refractivity contribution in [1.82, 2.24) is 10.2 Å². The molecule has 0 saturated carbocycles. The van der Waals surface area contributed by atoms with Crippen molar-refractivity contribution in [2.75, 3.05) is 26.7 Å². The molecule has 0 bridgehead atoms. The van der Waals surface area contributed by atoms with Gasteiger partial charge in [-0.1, -0.05) is 0 Å². The van der Waals surface area contributed by atoms with E-state index in [-0.39, 0.29) is 0 Å². The number of rotatable bonds is 0. The number of likely N-dealkylation sites (N-methyl/N-ethyl adjacent to an activating group) is 1. The molecule has 2 rings (SSSR count). The average molecular weight is 140 g/mol. The zero-order valence-corrected chi connectivity index (χ0v) is 6.64. The quantitative estimate of drug-likeness (QED) is 0.520. The summed E-state index contributed by atoms with van der Waals surface area (Å²) >= 11 is 0. The maximum absolute atomic E-state index is 3.57. The summed E-state index contributed by atoms with van der Waals surface area (Å²) in [5.74, 6) is 0.957. The minimum atomic E-state index is 0.818. The van der Waals surface area contributed by atoms with Crippen molar-refractivity contribution in [3.05, 3.63) is 0 Å². The Hall–Kier alpha value is -0.0800. The van der Waals surface area contributed by atoms with Gasteiger partial charge < -0.3 is 10.2 Å². The van der Waals surface area contributed by atoms with Crippen LogP contribution < -0.4 is 5.32 Å². The van der Waals surface area contributed by atoms with Gasteiger partial charge in [-0.05, 0) is 32.4 Å². The van der Waals surface area contributed by atoms with Gasteiger partial charge in [-0.3, -0.25) is 0 Å². The molecule has 1 N–H and O–H groups in total. The molecule has 0 radical (unpaired) electrons. The zero-order chi connectivity index (χ0) is 6.97. The number of nitrogens with zero attached hydrogens (tertiary/aromatic N) is 1. The predicted molar refractivity (Wildman–Crippen MR) is 42.0 cm³/mol. The van der Waals surface area contributed by atoms with Crippen molar-refractivity contribution in [2.45, 2.75) is 18.9 Å². The second-order valence-electron chi connectivity index (χ2n) is 3.68. The summed E-state index contributed by atoms with van der Waals surface area (Å²) in [6.07, 6.45) is 2.83. The van der Waals surface area contributed by atoms with Crippen LogP contribution in [0.3, 0.4) is 0 Å². The van der Waals surface area contributed by atoms with Gasteiger partial charge in [-0.15, -0.1) is 0 Å². The molecule has 2 heteroatoms. The first-order valence-corrected chi connectivity index (χ1v) is 4.28. The van der Waals surface area contributed by atoms with Crippen LogP contribution in [0.1, 0.15) is 12.8 Å². The van der Waals surface area contributed by atoms with E-state index in [4.69, 9.17) is 0 Å². The summed E-state index contributed by atoms with van der Waals surface area (Å²) in [7, 11) is 2.22. The Kier molecular flexibility index (Phi) is 1.66. The van der Waals surface area contributed by atoms with Gasteiger partial charge >= 0.3 is 0 Å². The lowest BCUT2D eigenvalue weighted by atomic mass is 9.94. The first kappa shape index (κ1) is 6.62. The molecule has 2 aliphatic heterocycles. The summed E-state index contributed by atoms with van der Waals surface area (Å²) < 4.78 is 0. The predicted octanol–water partition coefficient (Wildman–Crippen LogP) is 0.300. The van der Waals surface area contributed by atoms with Crippen LogP contribution in [-0.4, -0.2) is 37.6 Å². The van der Waals surface area contributed by atoms with E-state index < -0.39 is 0 Å². The first-order chi connectivity index (χ1) is 4.86. The van der Waals surface area contributed by atoms with E-state index in [1.54, 1.807) is 0 Å². The summed E-state index contributed by atoms with van der Waals surface area (Å²) in [6, 6.07) is 0.818. The van der Waals surface area contributed by atoms with Crippen molar-refractivity contribution in [3.63, 3.8) is 0 Å². The highest BCUT2D eigenvalue weighted by Gasteiger charge is 2.31. The zero-order valence-electron chi connectivity index (χ0n) is 6.64. The van der Waals surface area contributed by atoms with Crippen LogP contribution in [0.15, 0.2) is 0 Å². The molecule has 2 atom stereocenters. The van der Waals surface area contributed by atoms with Crippen molar-refractivity contribution < 1.29 is 0 Å². The largest absolute Gasteiger partial charge is 0.312 e. The number of hydrogen-bond acceptors (Lipinski definition) is 2. The Morgan fingerprint density at radius 3 is 3.10 bits per heavy atom. The van der Waals surface area contributed by atoms with E-state index in [0.29, 0.717) is 0 Å². The molecule has 2 aliphatic rings. The minimum Gasteiger partial charge on any atom is -0.312 e. The third-order valence-corrected chi connectivity index (χ3v) is 2.78. The molecular formula is C8H16N2. The Bertz CT molecular complexity index is 110. The molecule has 2 nitrogen and oxygen atoms in total. The molecule has 0 aliphatic carbocycles. The Morgan fingerprint density at radius 1 is 1.40 bits per heavy atom. The molecule has 2 saturated heterocycles. The highest BCUT2D eigenvalue weighted by atomic mass is 15.2. The molecule has 2 fully saturated rings. The SMILES string of the molecule is CN1CC2CCCNC2C1. The smallest absolute Gasteiger partial charge is 0.0235 e. The molecular weight excluding hydrogens is 124 g/mol. The van der Waals surface area contributed by atoms with Crippen LogP contribution in [0.5, 0.6) is 0 Å². The summed E-state index contributed by atoms with van der Waals surface area (Å²) in [5, 5.41) is 3.57. The number of fused-ring (bicyclic) bond motifs is 1. The lowest BCUT2D eigenvalue weighted by Crippen LogP contribution is -2.40. The molecule has 0 spiro atoms. The lowest BCUT2D eigenvalue weighted by molar-refractivity contribution is 0.338. The van der Waals surface area contributed by atoms with Crippen LogP contribution in [0.4, 0.5) is 0 Å². The highest BCUT2D eigenvalue weighted by molar-refractivity contribution is 4.90. The third kappa shape index (κ3) is 1.06. The molecule has 2 unspecified atom stereocenters. The first-order valence-electron chi connectivity index (χ1n) is 4.28. The third-order valence-electron chi connectivity index (χ3n) is 2.78. The van der Waals surface area contributed by atoms with Crippen molar-refractivity contribution in [2.24, 2.45) is 5.92 Å². The second kappa shape index (κ2) is 2.51. The maximum Gasteiger partial charge on any atom is 0.0235 e. The summed E-state index contributed by atoms with van der Waals surface area (Å²) in [6.45, 7) is 3.83. The van der Waals surface area contributed by atoms with Crippen LogP contribution in [0.2, 0.25) is 0 Å². The fourth-order valence-corrected chi connectivity index (χ4v) is 2.26. The molecule has 0 amide bonds. The fourth-order valence-electron chi connectivity index (χ4n) is 2.26. The molecule has 0 aromatic heterocycles. The standard InChI is InChI=1S/C8H16N2/c1-10-5-7-3-2-4-9-8(7)6-10/h7-9H,2-6H2,1H3. The normalized spacial score (nSPS) is 41.7. The average Bonchev–Trinajstić information content (AvgIpc) is 2.27. The molecule has 58 valence electrons. The van der Waals surface area contributed by atoms with E-state index >= 15 is 0 Å². The van der Waals surface area contributed by atoms with E-state index in [1.165, 1.54) is 32.5 Å². The number of likely N-dealkylation sites (tertiary alicyclic amines) is 1. The summed E-state index contributed by atoms with van der Waals surface area (Å²) in [4.78, 5) is 2.44. The number of nitrogens with one attached hydrogen (secondary N) is 1. The van der Waals surface area contributed by atoms with Crippen LogP contribution in [0.25, 0.3) is 0 Å². The Labute approximate surface area is 62.6 Å². The van der Waals surface area contributed by atoms with Gasteiger partial charge in [0.05, 0.1) is 0 Å². The van der Waals surface area contributed by atoms with Crippen LogP contribution in [-0.2, 0) is 0 Å². The fraction of sp³-hybridized carbons (Fsp3) is 1.00. The van der Waals surface area contributed by atoms with Gasteiger partial charge in [0.25, 0.3) is 0 Å². The van der Waals surface area contributed by atoms with Crippen molar-refractivity contribution >= 4 is 0 Å². The molecule has 10 heavy (non-hydrogen) atoms. The second-order valence-corrected chi connectivity index (χ2v) is 3.68. The summed E-state index contributed by atoms with van der Waals surface area (Å²) in [5.41, 5.74) is 0. The monoisotopic (exact) mass is 140 g/mol. The molecule has 0 aromatic rings. The Balaban J connectivity index is 1.97. The Morgan fingerprint density at radius 2 is 2.30 bits per heavy atom. The molecule has 0 aromatic carbocycles. The van der Waals surface area contributed by atoms with E-state index in [2.05, 4.69) is 17.3 Å². The van der Waals surface area contributed by atoms with E-state index in [0.717, 1.165) is 12.0 Å². The molecule has 2 heterocycles. The van der Waals surface area contributed by atoms with Crippen LogP contribution in [0, 0.1) is 5.92 Å². The maximum atomic E-state index is 3.57. The van der Waals surface area contributed by atoms with Gasteiger partial charge in [0.1, 0.15) is 0 Å². The lowest BCUT2D eigenvalue weighted by Gasteiger charge is -2.24. The van der Waals surface area contributed by atoms with Crippen molar-refractivity contribution in [1.29, 1.82) is 0 Å². The van der Waals surface area contributed by atoms with Gasteiger partial charge in [0, 0.05) is 19.1 Å². The van der Waals surface area contributed by atoms with E-state index in [1.807, 2.05) is 0 Å². The van der Waals surface area contributed by atoms with Crippen LogP contribution >= 0.6 is 0 Å². The van der Waals surface area contributed by atoms with Crippen molar-refractivity contribution in [3.8, 4) is 0 Å². The van der Waals surface area contributed by atoms with Gasteiger partial charge in [-0.25, -0.2) is 0 Å². The number of piperidine rings is 1. The van der Waals surface area contributed by atoms with Gasteiger partial charge in [0.2, 0.25) is 0 Å². The number of hydrogen-bond donors (Lipinski definition) is 1. The minimum absolute atomic E-state index is 0.818. The topological polar surface area (TPSA) is 15.3 Å². The van der Waals surface area contributed by atoms with E-state index in [9.17, 15) is 0 Å². The highest BCUT2D eigenvalue weighted by Crippen LogP contribution is 2.23. The van der Waals surface area contributed by atoms with Gasteiger partial charge in [-0.2, -0.15) is 0 Å². The van der Waals surface area contributed by atoms with Gasteiger partial charge in [0.15, 0.2) is 0 Å².